The van der Waals surface area contributed by atoms with E-state index in [1.165, 1.54) is 19.1 Å². The van der Waals surface area contributed by atoms with Gasteiger partial charge in [0, 0.05) is 5.52 Å². The lowest BCUT2D eigenvalue weighted by Crippen LogP contribution is -2.15. The average Bonchev–Trinajstić information content (AvgIpc) is 2.25. The summed E-state index contributed by atoms with van der Waals surface area (Å²) in [5.74, 6) is -0.490. The van der Waals surface area contributed by atoms with Crippen LogP contribution in [0.2, 0.25) is 0 Å². The molecule has 1 aromatic carbocycles. The third-order valence-corrected chi connectivity index (χ3v) is 2.55. The molecule has 0 bridgehead atoms. The number of hydrogen-bond donors (Lipinski definition) is 1. The van der Waals surface area contributed by atoms with Gasteiger partial charge in [-0.05, 0) is 36.6 Å². The number of aromatic nitrogens is 1. The van der Waals surface area contributed by atoms with Gasteiger partial charge in [0.1, 0.15) is 0 Å². The van der Waals surface area contributed by atoms with E-state index < -0.39 is 23.1 Å². The van der Waals surface area contributed by atoms with Gasteiger partial charge in [-0.1, -0.05) is 0 Å². The molecule has 0 amide bonds. The Morgan fingerprint density at radius 3 is 2.44 bits per heavy atom. The average molecular weight is 255 g/mol. The van der Waals surface area contributed by atoms with Crippen molar-refractivity contribution in [2.45, 2.75) is 13.1 Å². The third kappa shape index (κ3) is 2.13. The number of hydrogen-bond acceptors (Lipinski definition) is 2. The van der Waals surface area contributed by atoms with Gasteiger partial charge in [-0.3, -0.25) is 9.59 Å². The van der Waals surface area contributed by atoms with E-state index in [-0.39, 0.29) is 16.5 Å². The van der Waals surface area contributed by atoms with E-state index in [1.807, 2.05) is 0 Å². The molecule has 6 heteroatoms. The monoisotopic (exact) mass is 255 g/mol. The minimum atomic E-state index is -4.46. The van der Waals surface area contributed by atoms with Gasteiger partial charge >= 0.3 is 6.18 Å². The molecule has 1 aromatic heterocycles. The van der Waals surface area contributed by atoms with Gasteiger partial charge in [0.15, 0.2) is 5.78 Å². The van der Waals surface area contributed by atoms with E-state index in [0.717, 1.165) is 12.1 Å². The van der Waals surface area contributed by atoms with Crippen molar-refractivity contribution >= 4 is 16.7 Å². The van der Waals surface area contributed by atoms with Gasteiger partial charge in [0.25, 0.3) is 5.56 Å². The van der Waals surface area contributed by atoms with Crippen molar-refractivity contribution in [1.29, 1.82) is 0 Å². The highest BCUT2D eigenvalue weighted by Gasteiger charge is 2.30. The number of alkyl halides is 3. The van der Waals surface area contributed by atoms with E-state index in [2.05, 4.69) is 4.98 Å². The van der Waals surface area contributed by atoms with Crippen molar-refractivity contribution < 1.29 is 18.0 Å². The second-order valence-corrected chi connectivity index (χ2v) is 3.87. The molecule has 3 nitrogen and oxygen atoms in total. The number of halogens is 3. The predicted octanol–water partition coefficient (Wildman–Crippen LogP) is 2.75. The predicted molar refractivity (Wildman–Crippen MR) is 59.6 cm³/mol. The zero-order valence-electron chi connectivity index (χ0n) is 9.26. The second kappa shape index (κ2) is 3.97. The molecule has 0 radical (unpaired) electrons. The Kier molecular flexibility index (Phi) is 2.73. The number of Topliss-reactive ketones (excluding diaryl/α,β-unsaturated/α-hetero) is 1. The Balaban J connectivity index is 2.73. The fourth-order valence-electron chi connectivity index (χ4n) is 1.64. The maximum absolute atomic E-state index is 12.5. The molecule has 0 saturated carbocycles. The van der Waals surface area contributed by atoms with Crippen molar-refractivity contribution in [3.05, 3.63) is 45.7 Å². The van der Waals surface area contributed by atoms with Crippen LogP contribution in [-0.4, -0.2) is 10.8 Å². The number of H-pyrrole nitrogens is 1. The zero-order chi connectivity index (χ0) is 13.5. The van der Waals surface area contributed by atoms with E-state index in [4.69, 9.17) is 0 Å². The number of benzene rings is 1. The van der Waals surface area contributed by atoms with Crippen LogP contribution in [0.5, 0.6) is 0 Å². The minimum absolute atomic E-state index is 0.151. The maximum atomic E-state index is 12.5. The van der Waals surface area contributed by atoms with E-state index in [1.54, 1.807) is 0 Å². The molecule has 1 heterocycles. The molecule has 94 valence electrons. The minimum Gasteiger partial charge on any atom is -0.321 e. The molecule has 0 spiro atoms. The summed E-state index contributed by atoms with van der Waals surface area (Å²) in [7, 11) is 0. The quantitative estimate of drug-likeness (QED) is 0.796. The summed E-state index contributed by atoms with van der Waals surface area (Å²) in [5, 5.41) is 0.176. The molecule has 2 aromatic rings. The topological polar surface area (TPSA) is 49.9 Å². The molecular weight excluding hydrogens is 247 g/mol. The number of nitrogens with one attached hydrogen (secondary N) is 1. The van der Waals surface area contributed by atoms with Gasteiger partial charge in [-0.2, -0.15) is 13.2 Å². The lowest BCUT2D eigenvalue weighted by Gasteiger charge is -2.08. The SMILES string of the molecule is CC(=O)c1cc2cc(C(F)(F)F)ccc2[nH]c1=O. The van der Waals surface area contributed by atoms with Crippen LogP contribution in [0.25, 0.3) is 10.9 Å². The first kappa shape index (κ1) is 12.3. The first-order chi connectivity index (χ1) is 8.29. The molecule has 0 atom stereocenters. The van der Waals surface area contributed by atoms with Crippen LogP contribution in [0.1, 0.15) is 22.8 Å². The van der Waals surface area contributed by atoms with E-state index in [0.29, 0.717) is 0 Å². The zero-order valence-corrected chi connectivity index (χ0v) is 9.26. The van der Waals surface area contributed by atoms with Gasteiger partial charge in [-0.15, -0.1) is 0 Å². The van der Waals surface area contributed by atoms with Crippen LogP contribution in [-0.2, 0) is 6.18 Å². The van der Waals surface area contributed by atoms with E-state index >= 15 is 0 Å². The summed E-state index contributed by atoms with van der Waals surface area (Å²) < 4.78 is 37.5. The highest BCUT2D eigenvalue weighted by molar-refractivity contribution is 5.97. The molecule has 0 fully saturated rings. The summed E-state index contributed by atoms with van der Waals surface area (Å²) in [5.41, 5.74) is -1.31. The van der Waals surface area contributed by atoms with Crippen LogP contribution < -0.4 is 5.56 Å². The number of carbonyl (C=O) groups is 1. The Labute approximate surface area is 99.2 Å². The summed E-state index contributed by atoms with van der Waals surface area (Å²) in [4.78, 5) is 25.0. The molecule has 0 saturated heterocycles. The molecule has 0 aliphatic carbocycles. The number of ketones is 1. The van der Waals surface area contributed by atoms with Gasteiger partial charge in [0.2, 0.25) is 0 Å². The lowest BCUT2D eigenvalue weighted by atomic mass is 10.1. The van der Waals surface area contributed by atoms with Crippen LogP contribution in [0.4, 0.5) is 13.2 Å². The number of aromatic amines is 1. The Morgan fingerprint density at radius 1 is 1.22 bits per heavy atom. The Bertz CT molecular complexity index is 686. The number of fused-ring (bicyclic) bond motifs is 1. The Hall–Kier alpha value is -2.11. The van der Waals surface area contributed by atoms with Gasteiger partial charge < -0.3 is 4.98 Å². The molecule has 1 N–H and O–H groups in total. The molecule has 0 aliphatic rings. The molecule has 2 rings (SSSR count). The van der Waals surface area contributed by atoms with Crippen molar-refractivity contribution in [3.8, 4) is 0 Å². The molecule has 18 heavy (non-hydrogen) atoms. The normalized spacial score (nSPS) is 11.8. The van der Waals surface area contributed by atoms with E-state index in [9.17, 15) is 22.8 Å². The molecule has 0 unspecified atom stereocenters. The smallest absolute Gasteiger partial charge is 0.321 e. The van der Waals surface area contributed by atoms with Crippen LogP contribution in [0, 0.1) is 0 Å². The van der Waals surface area contributed by atoms with Crippen molar-refractivity contribution in [2.24, 2.45) is 0 Å². The first-order valence-corrected chi connectivity index (χ1v) is 5.04. The summed E-state index contributed by atoms with van der Waals surface area (Å²) >= 11 is 0. The molecular formula is C12H8F3NO2. The largest absolute Gasteiger partial charge is 0.416 e. The standard InChI is InChI=1S/C12H8F3NO2/c1-6(17)9-5-7-4-8(12(13,14)15)2-3-10(7)16-11(9)18/h2-5H,1H3,(H,16,18). The summed E-state index contributed by atoms with van der Waals surface area (Å²) in [6.07, 6.45) is -4.46. The summed E-state index contributed by atoms with van der Waals surface area (Å²) in [6.45, 7) is 1.18. The van der Waals surface area contributed by atoms with Crippen LogP contribution >= 0.6 is 0 Å². The Morgan fingerprint density at radius 2 is 1.89 bits per heavy atom. The lowest BCUT2D eigenvalue weighted by molar-refractivity contribution is -0.137. The summed E-state index contributed by atoms with van der Waals surface area (Å²) in [6, 6.07) is 4.12. The number of rotatable bonds is 1. The fourth-order valence-corrected chi connectivity index (χ4v) is 1.64. The van der Waals surface area contributed by atoms with Crippen LogP contribution in [0.3, 0.4) is 0 Å². The van der Waals surface area contributed by atoms with Crippen molar-refractivity contribution in [3.63, 3.8) is 0 Å². The van der Waals surface area contributed by atoms with Gasteiger partial charge in [-0.25, -0.2) is 0 Å². The molecule has 0 aliphatic heterocycles. The highest BCUT2D eigenvalue weighted by atomic mass is 19.4. The number of pyridine rings is 1. The first-order valence-electron chi connectivity index (χ1n) is 5.04. The van der Waals surface area contributed by atoms with Crippen molar-refractivity contribution in [2.75, 3.05) is 0 Å². The van der Waals surface area contributed by atoms with Crippen LogP contribution in [0.15, 0.2) is 29.1 Å². The number of carbonyl (C=O) groups excluding carboxylic acids is 1. The van der Waals surface area contributed by atoms with Crippen molar-refractivity contribution in [1.82, 2.24) is 4.98 Å². The van der Waals surface area contributed by atoms with Gasteiger partial charge in [0.05, 0.1) is 11.1 Å². The fraction of sp³-hybridized carbons (Fsp3) is 0.167. The second-order valence-electron chi connectivity index (χ2n) is 3.87. The highest BCUT2D eigenvalue weighted by Crippen LogP contribution is 2.30. The third-order valence-electron chi connectivity index (χ3n) is 2.55. The maximum Gasteiger partial charge on any atom is 0.416 e.